The average molecular weight is 303 g/mol. The number of hydrogen-bond donors (Lipinski definition) is 2. The molecule has 0 aliphatic heterocycles. The minimum Gasteiger partial charge on any atom is -0.508 e. The molecule has 2 N–H and O–H groups in total. The Morgan fingerprint density at radius 1 is 1.33 bits per heavy atom. The highest BCUT2D eigenvalue weighted by molar-refractivity contribution is 6.30. The maximum absolute atomic E-state index is 9.80. The lowest BCUT2D eigenvalue weighted by atomic mass is 10.2. The molecule has 0 aliphatic carbocycles. The van der Waals surface area contributed by atoms with E-state index in [0.717, 1.165) is 28.0 Å². The third-order valence-corrected chi connectivity index (χ3v) is 3.62. The van der Waals surface area contributed by atoms with E-state index in [-0.39, 0.29) is 5.75 Å². The number of phenols is 1. The van der Waals surface area contributed by atoms with Crippen LogP contribution in [0.2, 0.25) is 5.02 Å². The van der Waals surface area contributed by atoms with Crippen LogP contribution in [0, 0.1) is 6.92 Å². The molecule has 1 aromatic carbocycles. The quantitative estimate of drug-likeness (QED) is 0.779. The molecule has 0 fully saturated rings. The van der Waals surface area contributed by atoms with E-state index in [1.165, 1.54) is 0 Å². The van der Waals surface area contributed by atoms with Gasteiger partial charge in [-0.05, 0) is 31.2 Å². The Bertz CT molecular complexity index is 813. The average Bonchev–Trinajstić information content (AvgIpc) is 2.75. The van der Waals surface area contributed by atoms with Crippen LogP contribution in [0.15, 0.2) is 30.5 Å². The van der Waals surface area contributed by atoms with Crippen molar-refractivity contribution in [1.29, 1.82) is 0 Å². The van der Waals surface area contributed by atoms with Crippen molar-refractivity contribution in [3.63, 3.8) is 0 Å². The highest BCUT2D eigenvalue weighted by Crippen LogP contribution is 2.24. The van der Waals surface area contributed by atoms with E-state index >= 15 is 0 Å². The van der Waals surface area contributed by atoms with Crippen molar-refractivity contribution in [2.24, 2.45) is 7.05 Å². The second kappa shape index (κ2) is 5.26. The monoisotopic (exact) mass is 302 g/mol. The number of benzene rings is 1. The van der Waals surface area contributed by atoms with Gasteiger partial charge in [-0.15, -0.1) is 0 Å². The number of anilines is 1. The third-order valence-electron chi connectivity index (χ3n) is 3.39. The molecule has 21 heavy (non-hydrogen) atoms. The Hall–Kier alpha value is -2.27. The molecule has 0 spiro atoms. The second-order valence-electron chi connectivity index (χ2n) is 4.93. The predicted molar refractivity (Wildman–Crippen MR) is 83.7 cm³/mol. The summed E-state index contributed by atoms with van der Waals surface area (Å²) in [5.41, 5.74) is 3.40. The molecule has 0 bridgehead atoms. The van der Waals surface area contributed by atoms with Crippen molar-refractivity contribution in [2.75, 3.05) is 5.32 Å². The Morgan fingerprint density at radius 2 is 2.14 bits per heavy atom. The van der Waals surface area contributed by atoms with E-state index in [1.54, 1.807) is 29.1 Å². The van der Waals surface area contributed by atoms with Crippen molar-refractivity contribution in [3.05, 3.63) is 46.7 Å². The van der Waals surface area contributed by atoms with Crippen LogP contribution < -0.4 is 5.32 Å². The summed E-state index contributed by atoms with van der Waals surface area (Å²) in [6.07, 6.45) is 1.76. The van der Waals surface area contributed by atoms with Gasteiger partial charge in [-0.1, -0.05) is 11.6 Å². The Morgan fingerprint density at radius 3 is 2.95 bits per heavy atom. The number of phenolic OH excluding ortho intramolecular Hbond substituents is 1. The summed E-state index contributed by atoms with van der Waals surface area (Å²) in [7, 11) is 1.87. The zero-order chi connectivity index (χ0) is 15.0. The van der Waals surface area contributed by atoms with Gasteiger partial charge in [0.05, 0.1) is 17.6 Å². The van der Waals surface area contributed by atoms with Gasteiger partial charge in [0, 0.05) is 29.6 Å². The Labute approximate surface area is 127 Å². The number of fused-ring (bicyclic) bond motifs is 1. The fourth-order valence-corrected chi connectivity index (χ4v) is 2.49. The number of pyridine rings is 1. The zero-order valence-electron chi connectivity index (χ0n) is 11.8. The minimum atomic E-state index is 0.221. The number of halogens is 1. The summed E-state index contributed by atoms with van der Waals surface area (Å²) in [5, 5.41) is 19.0. The lowest BCUT2D eigenvalue weighted by molar-refractivity contribution is 0.469. The molecule has 6 heteroatoms. The van der Waals surface area contributed by atoms with Crippen LogP contribution in [0.4, 0.5) is 5.69 Å². The van der Waals surface area contributed by atoms with E-state index in [1.807, 2.05) is 20.0 Å². The molecule has 0 radical (unpaired) electrons. The fraction of sp³-hybridized carbons (Fsp3) is 0.200. The van der Waals surface area contributed by atoms with E-state index in [9.17, 15) is 5.11 Å². The molecule has 108 valence electrons. The number of rotatable bonds is 3. The molecule has 3 aromatic rings. The van der Waals surface area contributed by atoms with Crippen LogP contribution in [0.1, 0.15) is 11.3 Å². The van der Waals surface area contributed by atoms with E-state index in [4.69, 9.17) is 11.6 Å². The molecule has 5 nitrogen and oxygen atoms in total. The first-order valence-corrected chi connectivity index (χ1v) is 6.93. The van der Waals surface area contributed by atoms with Gasteiger partial charge < -0.3 is 10.4 Å². The third kappa shape index (κ3) is 2.64. The summed E-state index contributed by atoms with van der Waals surface area (Å²) < 4.78 is 1.76. The molecule has 2 aromatic heterocycles. The van der Waals surface area contributed by atoms with Gasteiger partial charge in [-0.3, -0.25) is 4.68 Å². The van der Waals surface area contributed by atoms with Crippen molar-refractivity contribution in [2.45, 2.75) is 13.5 Å². The zero-order valence-corrected chi connectivity index (χ0v) is 12.5. The Balaban J connectivity index is 1.85. The van der Waals surface area contributed by atoms with E-state index in [0.29, 0.717) is 11.6 Å². The summed E-state index contributed by atoms with van der Waals surface area (Å²) in [4.78, 5) is 4.40. The Kier molecular flexibility index (Phi) is 3.43. The maximum atomic E-state index is 9.80. The largest absolute Gasteiger partial charge is 0.508 e. The molecule has 0 atom stereocenters. The highest BCUT2D eigenvalue weighted by atomic mass is 35.5. The number of hydrogen-bond acceptors (Lipinski definition) is 4. The summed E-state index contributed by atoms with van der Waals surface area (Å²) in [6.45, 7) is 2.43. The lowest BCUT2D eigenvalue weighted by Gasteiger charge is -2.08. The van der Waals surface area contributed by atoms with Crippen molar-refractivity contribution in [1.82, 2.24) is 14.8 Å². The van der Waals surface area contributed by atoms with Crippen molar-refractivity contribution in [3.8, 4) is 5.75 Å². The first-order chi connectivity index (χ1) is 10.0. The van der Waals surface area contributed by atoms with Gasteiger partial charge in [-0.2, -0.15) is 5.10 Å². The number of nitrogens with zero attached hydrogens (tertiary/aromatic N) is 3. The standard InChI is InChI=1S/C15H15ClN4O/c1-9-13-6-12(8-18-15(13)20(2)19-9)17-7-10-5-11(16)3-4-14(10)21/h3-6,8,17,21H,7H2,1-2H3. The first kappa shape index (κ1) is 13.7. The van der Waals surface area contributed by atoms with Crippen molar-refractivity contribution >= 4 is 28.3 Å². The predicted octanol–water partition coefficient (Wildman–Crippen LogP) is 3.25. The van der Waals surface area contributed by atoms with Gasteiger partial charge in [0.1, 0.15) is 5.75 Å². The number of aromatic nitrogens is 3. The highest BCUT2D eigenvalue weighted by Gasteiger charge is 2.07. The van der Waals surface area contributed by atoms with Crippen LogP contribution in [0.3, 0.4) is 0 Å². The van der Waals surface area contributed by atoms with Crippen LogP contribution in [-0.4, -0.2) is 19.9 Å². The maximum Gasteiger partial charge on any atom is 0.157 e. The van der Waals surface area contributed by atoms with Crippen LogP contribution in [0.5, 0.6) is 5.75 Å². The molecular weight excluding hydrogens is 288 g/mol. The minimum absolute atomic E-state index is 0.221. The SMILES string of the molecule is Cc1nn(C)c2ncc(NCc3cc(Cl)ccc3O)cc12. The van der Waals surface area contributed by atoms with Crippen LogP contribution in [0.25, 0.3) is 11.0 Å². The van der Waals surface area contributed by atoms with Gasteiger partial charge in [0.15, 0.2) is 5.65 Å². The van der Waals surface area contributed by atoms with Crippen LogP contribution in [-0.2, 0) is 13.6 Å². The normalized spacial score (nSPS) is 11.0. The smallest absolute Gasteiger partial charge is 0.157 e. The molecule has 0 amide bonds. The summed E-state index contributed by atoms with van der Waals surface area (Å²) in [5.74, 6) is 0.221. The van der Waals surface area contributed by atoms with Gasteiger partial charge in [-0.25, -0.2) is 4.98 Å². The van der Waals surface area contributed by atoms with Gasteiger partial charge >= 0.3 is 0 Å². The fourth-order valence-electron chi connectivity index (χ4n) is 2.30. The summed E-state index contributed by atoms with van der Waals surface area (Å²) >= 11 is 5.94. The number of aromatic hydroxyl groups is 1. The molecule has 0 unspecified atom stereocenters. The van der Waals surface area contributed by atoms with Gasteiger partial charge in [0.2, 0.25) is 0 Å². The lowest BCUT2D eigenvalue weighted by Crippen LogP contribution is -2.00. The van der Waals surface area contributed by atoms with E-state index in [2.05, 4.69) is 15.4 Å². The van der Waals surface area contributed by atoms with Crippen LogP contribution >= 0.6 is 11.6 Å². The molecule has 3 rings (SSSR count). The molecule has 0 aliphatic rings. The van der Waals surface area contributed by atoms with Crippen molar-refractivity contribution < 1.29 is 5.11 Å². The number of aryl methyl sites for hydroxylation is 2. The summed E-state index contributed by atoms with van der Waals surface area (Å²) in [6, 6.07) is 7.00. The molecular formula is C15H15ClN4O. The molecule has 2 heterocycles. The second-order valence-corrected chi connectivity index (χ2v) is 5.37. The topological polar surface area (TPSA) is 63.0 Å². The number of nitrogens with one attached hydrogen (secondary N) is 1. The van der Waals surface area contributed by atoms with E-state index < -0.39 is 0 Å². The first-order valence-electron chi connectivity index (χ1n) is 6.55. The molecule has 0 saturated heterocycles. The van der Waals surface area contributed by atoms with Gasteiger partial charge in [0.25, 0.3) is 0 Å². The molecule has 0 saturated carbocycles.